The summed E-state index contributed by atoms with van der Waals surface area (Å²) >= 11 is 0. The number of para-hydroxylation sites is 1. The maximum Gasteiger partial charge on any atom is 0.191 e. The molecule has 0 aromatic heterocycles. The molecule has 1 atom stereocenters. The summed E-state index contributed by atoms with van der Waals surface area (Å²) in [5.74, 6) is 0.854. The lowest BCUT2D eigenvalue weighted by Gasteiger charge is -2.36. The Morgan fingerprint density at radius 2 is 1.73 bits per heavy atom. The third-order valence-electron chi connectivity index (χ3n) is 5.62. The minimum absolute atomic E-state index is 0. The van der Waals surface area contributed by atoms with Gasteiger partial charge in [0.15, 0.2) is 5.96 Å². The highest BCUT2D eigenvalue weighted by molar-refractivity contribution is 14.0. The Kier molecular flexibility index (Phi) is 12.7. The standard InChI is InChI=1S/C23H41N5O.HI/c1-23(2,3)21(29-5)19-26-22(24-4)25-13-9-10-14-27-15-17-28(18-16-27)20-11-7-6-8-12-20;/h6-8,11-12,21H,9-10,13-19H2,1-5H3,(H2,24,25,26);1H. The van der Waals surface area contributed by atoms with Crippen LogP contribution in [0.5, 0.6) is 0 Å². The highest BCUT2D eigenvalue weighted by Gasteiger charge is 2.24. The third kappa shape index (κ3) is 9.39. The summed E-state index contributed by atoms with van der Waals surface area (Å²) in [6.45, 7) is 14.0. The zero-order valence-corrected chi connectivity index (χ0v) is 21.8. The number of hydrogen-bond donors (Lipinski definition) is 2. The van der Waals surface area contributed by atoms with Crippen molar-refractivity contribution >= 4 is 35.6 Å². The van der Waals surface area contributed by atoms with Gasteiger partial charge in [-0.2, -0.15) is 0 Å². The van der Waals surface area contributed by atoms with Crippen LogP contribution in [0, 0.1) is 5.41 Å². The Balaban J connectivity index is 0.00000450. The van der Waals surface area contributed by atoms with Crippen molar-refractivity contribution in [2.45, 2.75) is 39.7 Å². The lowest BCUT2D eigenvalue weighted by atomic mass is 9.89. The van der Waals surface area contributed by atoms with Gasteiger partial charge >= 0.3 is 0 Å². The number of nitrogens with one attached hydrogen (secondary N) is 2. The molecule has 1 aliphatic rings. The van der Waals surface area contributed by atoms with E-state index in [1.807, 2.05) is 7.05 Å². The molecular formula is C23H42IN5O. The fourth-order valence-corrected chi connectivity index (χ4v) is 3.69. The van der Waals surface area contributed by atoms with E-state index in [4.69, 9.17) is 4.74 Å². The molecule has 1 unspecified atom stereocenters. The van der Waals surface area contributed by atoms with Gasteiger partial charge in [-0.05, 0) is 36.9 Å². The molecule has 2 rings (SSSR count). The average Bonchev–Trinajstić information content (AvgIpc) is 2.72. The van der Waals surface area contributed by atoms with Crippen molar-refractivity contribution in [3.8, 4) is 0 Å². The monoisotopic (exact) mass is 531 g/mol. The molecule has 1 heterocycles. The fourth-order valence-electron chi connectivity index (χ4n) is 3.69. The number of guanidine groups is 1. The highest BCUT2D eigenvalue weighted by Crippen LogP contribution is 2.21. The number of rotatable bonds is 9. The molecule has 7 heteroatoms. The minimum Gasteiger partial charge on any atom is -0.379 e. The Hall–Kier alpha value is -1.06. The van der Waals surface area contributed by atoms with Gasteiger partial charge in [0.2, 0.25) is 0 Å². The van der Waals surface area contributed by atoms with Gasteiger partial charge in [-0.3, -0.25) is 9.89 Å². The first kappa shape index (κ1) is 27.0. The van der Waals surface area contributed by atoms with Gasteiger partial charge in [0.25, 0.3) is 0 Å². The van der Waals surface area contributed by atoms with Crippen molar-refractivity contribution in [3.63, 3.8) is 0 Å². The van der Waals surface area contributed by atoms with Crippen molar-refractivity contribution in [1.82, 2.24) is 15.5 Å². The van der Waals surface area contributed by atoms with Crippen LogP contribution >= 0.6 is 24.0 Å². The summed E-state index contributed by atoms with van der Waals surface area (Å²) < 4.78 is 5.60. The van der Waals surface area contributed by atoms with Gasteiger partial charge in [0.05, 0.1) is 6.10 Å². The number of nitrogens with zero attached hydrogens (tertiary/aromatic N) is 3. The molecule has 0 bridgehead atoms. The maximum absolute atomic E-state index is 5.60. The molecule has 2 N–H and O–H groups in total. The predicted octanol–water partition coefficient (Wildman–Crippen LogP) is 3.43. The molecule has 0 radical (unpaired) electrons. The van der Waals surface area contributed by atoms with Gasteiger partial charge in [0.1, 0.15) is 0 Å². The number of piperazine rings is 1. The summed E-state index contributed by atoms with van der Waals surface area (Å²) in [6, 6.07) is 10.7. The first-order valence-electron chi connectivity index (χ1n) is 10.9. The molecule has 1 aromatic carbocycles. The molecule has 0 aliphatic carbocycles. The molecule has 1 aromatic rings. The van der Waals surface area contributed by atoms with Crippen LogP contribution in [0.1, 0.15) is 33.6 Å². The Labute approximate surface area is 200 Å². The van der Waals surface area contributed by atoms with Crippen LogP contribution in [0.15, 0.2) is 35.3 Å². The number of anilines is 1. The van der Waals surface area contributed by atoms with Crippen LogP contribution in [0.25, 0.3) is 0 Å². The summed E-state index contributed by atoms with van der Waals surface area (Å²) in [7, 11) is 3.59. The SMILES string of the molecule is CN=C(NCCCCN1CCN(c2ccccc2)CC1)NCC(OC)C(C)(C)C.I. The first-order valence-corrected chi connectivity index (χ1v) is 10.9. The topological polar surface area (TPSA) is 52.1 Å². The maximum atomic E-state index is 5.60. The molecular weight excluding hydrogens is 489 g/mol. The van der Waals surface area contributed by atoms with Crippen LogP contribution in [-0.4, -0.2) is 76.9 Å². The fraction of sp³-hybridized carbons (Fsp3) is 0.696. The van der Waals surface area contributed by atoms with Crippen molar-refractivity contribution in [3.05, 3.63) is 30.3 Å². The number of unbranched alkanes of at least 4 members (excludes halogenated alkanes) is 1. The van der Waals surface area contributed by atoms with Gasteiger partial charge < -0.3 is 20.3 Å². The second kappa shape index (κ2) is 14.1. The quantitative estimate of drug-likeness (QED) is 0.221. The van der Waals surface area contributed by atoms with Crippen LogP contribution in [0.3, 0.4) is 0 Å². The van der Waals surface area contributed by atoms with Gasteiger partial charge in [-0.15, -0.1) is 24.0 Å². The summed E-state index contributed by atoms with van der Waals surface area (Å²) in [6.07, 6.45) is 2.50. The molecule has 0 saturated carbocycles. The zero-order valence-electron chi connectivity index (χ0n) is 19.5. The number of methoxy groups -OCH3 is 1. The van der Waals surface area contributed by atoms with E-state index in [-0.39, 0.29) is 35.5 Å². The second-order valence-corrected chi connectivity index (χ2v) is 8.84. The van der Waals surface area contributed by atoms with Crippen molar-refractivity contribution in [1.29, 1.82) is 0 Å². The highest BCUT2D eigenvalue weighted by atomic mass is 127. The number of ether oxygens (including phenoxy) is 1. The zero-order chi connectivity index (χ0) is 21.1. The Morgan fingerprint density at radius 3 is 2.30 bits per heavy atom. The molecule has 0 amide bonds. The van der Waals surface area contributed by atoms with E-state index in [1.165, 1.54) is 18.7 Å². The van der Waals surface area contributed by atoms with Crippen LogP contribution in [-0.2, 0) is 4.74 Å². The molecule has 1 aliphatic heterocycles. The van der Waals surface area contributed by atoms with Crippen LogP contribution in [0.4, 0.5) is 5.69 Å². The second-order valence-electron chi connectivity index (χ2n) is 8.84. The van der Waals surface area contributed by atoms with Gasteiger partial charge in [0, 0.05) is 59.1 Å². The van der Waals surface area contributed by atoms with E-state index >= 15 is 0 Å². The predicted molar refractivity (Wildman–Crippen MR) is 139 cm³/mol. The van der Waals surface area contributed by atoms with Gasteiger partial charge in [-0.1, -0.05) is 39.0 Å². The molecule has 0 spiro atoms. The smallest absolute Gasteiger partial charge is 0.191 e. The van der Waals surface area contributed by atoms with E-state index in [0.29, 0.717) is 0 Å². The Morgan fingerprint density at radius 1 is 1.07 bits per heavy atom. The molecule has 172 valence electrons. The first-order chi connectivity index (χ1) is 13.9. The van der Waals surface area contributed by atoms with Crippen LogP contribution < -0.4 is 15.5 Å². The number of halogens is 1. The van der Waals surface area contributed by atoms with Crippen molar-refractivity contribution in [2.24, 2.45) is 10.4 Å². The lowest BCUT2D eigenvalue weighted by Crippen LogP contribution is -2.47. The number of benzene rings is 1. The summed E-state index contributed by atoms with van der Waals surface area (Å²) in [5, 5.41) is 6.81. The van der Waals surface area contributed by atoms with E-state index in [9.17, 15) is 0 Å². The molecule has 1 saturated heterocycles. The van der Waals surface area contributed by atoms with E-state index in [1.54, 1.807) is 7.11 Å². The number of hydrogen-bond acceptors (Lipinski definition) is 4. The largest absolute Gasteiger partial charge is 0.379 e. The van der Waals surface area contributed by atoms with Crippen molar-refractivity contribution < 1.29 is 4.74 Å². The normalized spacial score (nSPS) is 16.7. The van der Waals surface area contributed by atoms with E-state index in [0.717, 1.165) is 51.6 Å². The van der Waals surface area contributed by atoms with Crippen LogP contribution in [0.2, 0.25) is 0 Å². The lowest BCUT2D eigenvalue weighted by molar-refractivity contribution is 0.0205. The third-order valence-corrected chi connectivity index (χ3v) is 5.62. The molecule has 1 fully saturated rings. The number of aliphatic imine (C=N–C) groups is 1. The van der Waals surface area contributed by atoms with E-state index in [2.05, 4.69) is 76.5 Å². The molecule has 6 nitrogen and oxygen atoms in total. The summed E-state index contributed by atoms with van der Waals surface area (Å²) in [4.78, 5) is 9.39. The summed E-state index contributed by atoms with van der Waals surface area (Å²) in [5.41, 5.74) is 1.45. The van der Waals surface area contributed by atoms with Gasteiger partial charge in [-0.25, -0.2) is 0 Å². The molecule has 30 heavy (non-hydrogen) atoms. The minimum atomic E-state index is 0. The Bertz CT molecular complexity index is 597. The van der Waals surface area contributed by atoms with E-state index < -0.39 is 0 Å². The van der Waals surface area contributed by atoms with Crippen molar-refractivity contribution in [2.75, 3.05) is 64.9 Å². The average molecular weight is 532 g/mol.